The van der Waals surface area contributed by atoms with Gasteiger partial charge in [0.2, 0.25) is 0 Å². The summed E-state index contributed by atoms with van der Waals surface area (Å²) >= 11 is 6.00. The zero-order chi connectivity index (χ0) is 17.3. The van der Waals surface area contributed by atoms with Gasteiger partial charge in [-0.1, -0.05) is 23.7 Å². The average molecular weight is 343 g/mol. The lowest BCUT2D eigenvalue weighted by Crippen LogP contribution is -2.26. The third-order valence-corrected chi connectivity index (χ3v) is 4.06. The molecule has 2 aromatic heterocycles. The van der Waals surface area contributed by atoms with Gasteiger partial charge in [-0.3, -0.25) is 4.79 Å². The Morgan fingerprint density at radius 1 is 1.29 bits per heavy atom. The Morgan fingerprint density at radius 2 is 2.08 bits per heavy atom. The van der Waals surface area contributed by atoms with Gasteiger partial charge in [0.1, 0.15) is 0 Å². The summed E-state index contributed by atoms with van der Waals surface area (Å²) in [5.74, 6) is -0.0818. The molecule has 0 fully saturated rings. The highest BCUT2D eigenvalue weighted by atomic mass is 35.5. The number of benzene rings is 1. The lowest BCUT2D eigenvalue weighted by molar-refractivity contribution is 0.0785. The third-order valence-electron chi connectivity index (χ3n) is 3.82. The molecule has 0 atom stereocenters. The number of carbonyl (C=O) groups excluding carboxylic acids is 1. The molecule has 0 saturated carbocycles. The maximum absolute atomic E-state index is 12.6. The number of pyridine rings is 1. The molecule has 24 heavy (non-hydrogen) atoms. The van der Waals surface area contributed by atoms with Gasteiger partial charge in [0.15, 0.2) is 5.65 Å². The minimum atomic E-state index is -0.0818. The Labute approximate surface area is 145 Å². The van der Waals surface area contributed by atoms with Gasteiger partial charge in [-0.25, -0.2) is 9.67 Å². The van der Waals surface area contributed by atoms with E-state index in [1.165, 1.54) is 0 Å². The SMILES string of the molecule is CC(C)n1ncc2cc(C(=O)N(C)Cc3cccc(Cl)c3)cnc21. The van der Waals surface area contributed by atoms with Gasteiger partial charge in [-0.15, -0.1) is 0 Å². The number of nitrogens with zero attached hydrogens (tertiary/aromatic N) is 4. The van der Waals surface area contributed by atoms with Crippen LogP contribution >= 0.6 is 11.6 Å². The molecule has 0 saturated heterocycles. The van der Waals surface area contributed by atoms with Crippen molar-refractivity contribution in [2.75, 3.05) is 7.05 Å². The quantitative estimate of drug-likeness (QED) is 0.721. The fourth-order valence-electron chi connectivity index (χ4n) is 2.64. The first-order valence-corrected chi connectivity index (χ1v) is 8.16. The Kier molecular flexibility index (Phi) is 4.53. The highest BCUT2D eigenvalue weighted by molar-refractivity contribution is 6.30. The Balaban J connectivity index is 1.82. The number of halogens is 1. The zero-order valence-corrected chi connectivity index (χ0v) is 14.7. The van der Waals surface area contributed by atoms with E-state index in [1.807, 2.05) is 48.9 Å². The number of hydrogen-bond acceptors (Lipinski definition) is 3. The number of rotatable bonds is 4. The van der Waals surface area contributed by atoms with Gasteiger partial charge in [0, 0.05) is 36.2 Å². The summed E-state index contributed by atoms with van der Waals surface area (Å²) < 4.78 is 1.85. The van der Waals surface area contributed by atoms with Gasteiger partial charge in [0.25, 0.3) is 5.91 Å². The van der Waals surface area contributed by atoms with Crippen LogP contribution in [0, 0.1) is 0 Å². The van der Waals surface area contributed by atoms with Crippen molar-refractivity contribution in [3.8, 4) is 0 Å². The first-order valence-electron chi connectivity index (χ1n) is 7.79. The molecule has 0 radical (unpaired) electrons. The number of carbonyl (C=O) groups is 1. The lowest BCUT2D eigenvalue weighted by atomic mass is 10.2. The molecule has 2 heterocycles. The van der Waals surface area contributed by atoms with E-state index in [9.17, 15) is 4.79 Å². The minimum Gasteiger partial charge on any atom is -0.337 e. The second kappa shape index (κ2) is 6.61. The number of amides is 1. The molecule has 0 unspecified atom stereocenters. The summed E-state index contributed by atoms with van der Waals surface area (Å²) in [6.45, 7) is 4.58. The molecule has 1 amide bonds. The maximum atomic E-state index is 12.6. The molecule has 1 aromatic carbocycles. The van der Waals surface area contributed by atoms with Gasteiger partial charge < -0.3 is 4.90 Å². The van der Waals surface area contributed by atoms with E-state index in [4.69, 9.17) is 11.6 Å². The molecule has 124 valence electrons. The minimum absolute atomic E-state index is 0.0818. The molecule has 0 aliphatic heterocycles. The largest absolute Gasteiger partial charge is 0.337 e. The van der Waals surface area contributed by atoms with Gasteiger partial charge in [-0.2, -0.15) is 5.10 Å². The molecule has 0 spiro atoms. The summed E-state index contributed by atoms with van der Waals surface area (Å²) in [5.41, 5.74) is 2.33. The number of aromatic nitrogens is 3. The smallest absolute Gasteiger partial charge is 0.255 e. The molecular weight excluding hydrogens is 324 g/mol. The van der Waals surface area contributed by atoms with Crippen LogP contribution in [0.3, 0.4) is 0 Å². The fourth-order valence-corrected chi connectivity index (χ4v) is 2.85. The van der Waals surface area contributed by atoms with Crippen molar-refractivity contribution >= 4 is 28.5 Å². The van der Waals surface area contributed by atoms with Crippen LogP contribution in [0.25, 0.3) is 11.0 Å². The van der Waals surface area contributed by atoms with E-state index in [2.05, 4.69) is 10.1 Å². The van der Waals surface area contributed by atoms with Crippen molar-refractivity contribution in [3.63, 3.8) is 0 Å². The van der Waals surface area contributed by atoms with E-state index in [0.29, 0.717) is 17.1 Å². The standard InChI is InChI=1S/C18H19ClN4O/c1-12(2)23-17-14(10-21-23)8-15(9-20-17)18(24)22(3)11-13-5-4-6-16(19)7-13/h4-10,12H,11H2,1-3H3. The van der Waals surface area contributed by atoms with Crippen LogP contribution in [0.4, 0.5) is 0 Å². The van der Waals surface area contributed by atoms with E-state index in [1.54, 1.807) is 24.3 Å². The highest BCUT2D eigenvalue weighted by Gasteiger charge is 2.15. The second-order valence-electron chi connectivity index (χ2n) is 6.11. The maximum Gasteiger partial charge on any atom is 0.255 e. The van der Waals surface area contributed by atoms with Crippen LogP contribution < -0.4 is 0 Å². The first kappa shape index (κ1) is 16.5. The second-order valence-corrected chi connectivity index (χ2v) is 6.55. The van der Waals surface area contributed by atoms with Crippen LogP contribution in [-0.2, 0) is 6.54 Å². The summed E-state index contributed by atoms with van der Waals surface area (Å²) in [6, 6.07) is 9.57. The lowest BCUT2D eigenvalue weighted by Gasteiger charge is -2.17. The van der Waals surface area contributed by atoms with E-state index in [-0.39, 0.29) is 11.9 Å². The monoisotopic (exact) mass is 342 g/mol. The number of hydrogen-bond donors (Lipinski definition) is 0. The normalized spacial score (nSPS) is 11.2. The highest BCUT2D eigenvalue weighted by Crippen LogP contribution is 2.18. The molecule has 6 heteroatoms. The van der Waals surface area contributed by atoms with Crippen molar-refractivity contribution < 1.29 is 4.79 Å². The van der Waals surface area contributed by atoms with Crippen molar-refractivity contribution in [1.29, 1.82) is 0 Å². The van der Waals surface area contributed by atoms with E-state index < -0.39 is 0 Å². The van der Waals surface area contributed by atoms with Crippen molar-refractivity contribution in [3.05, 3.63) is 58.9 Å². The van der Waals surface area contributed by atoms with Crippen LogP contribution in [0.15, 0.2) is 42.7 Å². The summed E-state index contributed by atoms with van der Waals surface area (Å²) in [4.78, 5) is 18.7. The van der Waals surface area contributed by atoms with Crippen LogP contribution in [0.1, 0.15) is 35.8 Å². The first-order chi connectivity index (χ1) is 11.5. The molecule has 0 bridgehead atoms. The Morgan fingerprint density at radius 3 is 2.79 bits per heavy atom. The molecule has 0 aliphatic rings. The molecule has 3 rings (SSSR count). The van der Waals surface area contributed by atoms with Crippen LogP contribution in [0.2, 0.25) is 5.02 Å². The van der Waals surface area contributed by atoms with Crippen molar-refractivity contribution in [1.82, 2.24) is 19.7 Å². The number of fused-ring (bicyclic) bond motifs is 1. The molecule has 0 aliphatic carbocycles. The van der Waals surface area contributed by atoms with Crippen LogP contribution in [-0.4, -0.2) is 32.6 Å². The van der Waals surface area contributed by atoms with Crippen LogP contribution in [0.5, 0.6) is 0 Å². The molecule has 0 N–H and O–H groups in total. The Bertz CT molecular complexity index is 888. The Hall–Kier alpha value is -2.40. The average Bonchev–Trinajstić information content (AvgIpc) is 2.97. The predicted molar refractivity (Wildman–Crippen MR) is 95.2 cm³/mol. The van der Waals surface area contributed by atoms with E-state index >= 15 is 0 Å². The summed E-state index contributed by atoms with van der Waals surface area (Å²) in [5, 5.41) is 5.86. The molecule has 3 aromatic rings. The topological polar surface area (TPSA) is 51.0 Å². The third kappa shape index (κ3) is 3.26. The van der Waals surface area contributed by atoms with Crippen molar-refractivity contribution in [2.45, 2.75) is 26.4 Å². The van der Waals surface area contributed by atoms with Crippen molar-refractivity contribution in [2.24, 2.45) is 0 Å². The zero-order valence-electron chi connectivity index (χ0n) is 13.9. The van der Waals surface area contributed by atoms with Gasteiger partial charge >= 0.3 is 0 Å². The molecule has 5 nitrogen and oxygen atoms in total. The van der Waals surface area contributed by atoms with Gasteiger partial charge in [-0.05, 0) is 37.6 Å². The molecular formula is C18H19ClN4O. The van der Waals surface area contributed by atoms with E-state index in [0.717, 1.165) is 16.6 Å². The summed E-state index contributed by atoms with van der Waals surface area (Å²) in [7, 11) is 1.77. The fraction of sp³-hybridized carbons (Fsp3) is 0.278. The predicted octanol–water partition coefficient (Wildman–Crippen LogP) is 3.94. The van der Waals surface area contributed by atoms with Gasteiger partial charge in [0.05, 0.1) is 11.8 Å². The summed E-state index contributed by atoms with van der Waals surface area (Å²) in [6.07, 6.45) is 3.36.